The van der Waals surface area contributed by atoms with Crippen molar-refractivity contribution >= 4 is 174 Å². The molecule has 0 amide bonds. The molecule has 0 unspecified atom stereocenters. The number of nitrogens with zero attached hydrogens (tertiary/aromatic N) is 8. The van der Waals surface area contributed by atoms with Crippen LogP contribution in [0.5, 0.6) is 0 Å². The summed E-state index contributed by atoms with van der Waals surface area (Å²) in [6.07, 6.45) is 0. The molecule has 114 heavy (non-hydrogen) atoms. The van der Waals surface area contributed by atoms with Gasteiger partial charge in [-0.3, -0.25) is 9.13 Å². The number of rotatable bonds is 8. The first kappa shape index (κ1) is 62.5. The van der Waals surface area contributed by atoms with Crippen LogP contribution in [0.15, 0.2) is 376 Å². The van der Waals surface area contributed by atoms with E-state index >= 15 is 0 Å². The van der Waals surface area contributed by atoms with Gasteiger partial charge in [-0.2, -0.15) is 0 Å². The molecule has 0 saturated carbocycles. The SMILES string of the molecule is c1ccc(-c2ccccc2-c2nc3ccccc3nc2-n2c3ccc(-n4c5ccc(-c6ccc7nc(-n8c9ccc(-n%10c%11ccccc%11c%11c%12ccccc%12ccc%11%10)cc9c9c%10ccccc%10ccc98)c(-c8ccc9ccc%10ccccc%10c9c8)nc7c6)cc5c5cc6ccccc6cc54)cc3c3c4ccccc4ccc32)cc1. The second kappa shape index (κ2) is 24.1. The van der Waals surface area contributed by atoms with Crippen LogP contribution in [0.25, 0.3) is 242 Å². The Morgan fingerprint density at radius 2 is 0.561 bits per heavy atom. The van der Waals surface area contributed by atoms with Gasteiger partial charge in [0.2, 0.25) is 0 Å². The molecule has 8 nitrogen and oxygen atoms in total. The van der Waals surface area contributed by atoms with Gasteiger partial charge in [0, 0.05) is 65.6 Å². The Morgan fingerprint density at radius 1 is 0.167 bits per heavy atom. The Labute approximate surface area is 651 Å². The van der Waals surface area contributed by atoms with Crippen LogP contribution >= 0.6 is 0 Å². The van der Waals surface area contributed by atoms with E-state index in [0.717, 1.165) is 161 Å². The van der Waals surface area contributed by atoms with Gasteiger partial charge >= 0.3 is 0 Å². The van der Waals surface area contributed by atoms with Crippen molar-refractivity contribution in [1.82, 2.24) is 38.2 Å². The molecule has 0 radical (unpaired) electrons. The van der Waals surface area contributed by atoms with E-state index in [1.807, 2.05) is 6.07 Å². The van der Waals surface area contributed by atoms with Gasteiger partial charge in [0.05, 0.1) is 66.2 Å². The average Bonchev–Trinajstić information content (AvgIpc) is 1.56. The maximum Gasteiger partial charge on any atom is 0.165 e. The molecule has 8 heteroatoms. The van der Waals surface area contributed by atoms with E-state index in [1.54, 1.807) is 0 Å². The Bertz CT molecular complexity index is 8510. The lowest BCUT2D eigenvalue weighted by atomic mass is 9.97. The lowest BCUT2D eigenvalue weighted by molar-refractivity contribution is 1.08. The lowest BCUT2D eigenvalue weighted by Gasteiger charge is -2.16. The van der Waals surface area contributed by atoms with Gasteiger partial charge in [0.1, 0.15) is 11.4 Å². The first-order chi connectivity index (χ1) is 56.5. The highest BCUT2D eigenvalue weighted by Gasteiger charge is 2.27. The van der Waals surface area contributed by atoms with Gasteiger partial charge in [-0.05, 0) is 202 Å². The molecule has 0 aliphatic rings. The number of para-hydroxylation sites is 3. The molecule has 526 valence electrons. The largest absolute Gasteiger partial charge is 0.309 e. The van der Waals surface area contributed by atoms with Crippen molar-refractivity contribution in [2.45, 2.75) is 0 Å². The summed E-state index contributed by atoms with van der Waals surface area (Å²) >= 11 is 0. The van der Waals surface area contributed by atoms with Crippen LogP contribution in [0.1, 0.15) is 0 Å². The number of hydrogen-bond donors (Lipinski definition) is 0. The summed E-state index contributed by atoms with van der Waals surface area (Å²) in [5, 5.41) is 23.6. The number of fused-ring (bicyclic) bond motifs is 24. The van der Waals surface area contributed by atoms with Gasteiger partial charge in [-0.15, -0.1) is 0 Å². The number of aromatic nitrogens is 8. The first-order valence-electron chi connectivity index (χ1n) is 39.0. The van der Waals surface area contributed by atoms with Crippen molar-refractivity contribution in [3.05, 3.63) is 376 Å². The van der Waals surface area contributed by atoms with E-state index in [9.17, 15) is 0 Å². The molecule has 0 N–H and O–H groups in total. The van der Waals surface area contributed by atoms with Crippen LogP contribution in [-0.2, 0) is 0 Å². The summed E-state index contributed by atoms with van der Waals surface area (Å²) < 4.78 is 9.68. The smallest absolute Gasteiger partial charge is 0.165 e. The zero-order chi connectivity index (χ0) is 74.4. The van der Waals surface area contributed by atoms with E-state index in [4.69, 9.17) is 19.9 Å². The number of benzene rings is 19. The van der Waals surface area contributed by atoms with Gasteiger partial charge in [0.15, 0.2) is 11.6 Å². The zero-order valence-corrected chi connectivity index (χ0v) is 61.4. The minimum absolute atomic E-state index is 0.760. The van der Waals surface area contributed by atoms with Crippen LogP contribution in [0.4, 0.5) is 0 Å². The summed E-state index contributed by atoms with van der Waals surface area (Å²) in [5.74, 6) is 1.53. The monoisotopic (exact) mass is 1450 g/mol. The Hall–Kier alpha value is -15.4. The Kier molecular flexibility index (Phi) is 13.2. The molecule has 0 bridgehead atoms. The molecule has 25 rings (SSSR count). The molecule has 0 saturated heterocycles. The van der Waals surface area contributed by atoms with Crippen LogP contribution in [-0.4, -0.2) is 38.2 Å². The summed E-state index contributed by atoms with van der Waals surface area (Å²) in [5.41, 5.74) is 22.1. The van der Waals surface area contributed by atoms with Crippen LogP contribution in [0.3, 0.4) is 0 Å². The molecule has 0 spiro atoms. The molecule has 0 fully saturated rings. The fraction of sp³-hybridized carbons (Fsp3) is 0. The summed E-state index contributed by atoms with van der Waals surface area (Å²) in [4.78, 5) is 23.0. The molecule has 0 aliphatic heterocycles. The normalized spacial score (nSPS) is 12.2. The molecular weight excluding hydrogens is 1390 g/mol. The van der Waals surface area contributed by atoms with Crippen molar-refractivity contribution in [3.63, 3.8) is 0 Å². The predicted octanol–water partition coefficient (Wildman–Crippen LogP) is 27.5. The zero-order valence-electron chi connectivity index (χ0n) is 61.4. The maximum atomic E-state index is 5.93. The topological polar surface area (TPSA) is 71.3 Å². The minimum Gasteiger partial charge on any atom is -0.309 e. The second-order valence-electron chi connectivity index (χ2n) is 30.4. The summed E-state index contributed by atoms with van der Waals surface area (Å²) in [6.45, 7) is 0. The standard InChI is InChI=1S/C106H62N8/c1-2-20-63(21-3-1)76-28-14-15-33-81(76)104-106(109-89-36-18-17-35-88(89)107-104)114-95-55-48-75(62-87(95)102-80-32-13-9-25-67(80)45-53-98(102)114)112-93-50-46-71(57-84(93)85-56-69-26-4-5-27-70(69)60-99(85)112)72-42-49-90-91(59-72)108-103(73-41-40-68-39-38-64-22-6-10-29-77(64)83(68)58-73)105(110-90)113-94-54-47-74(61-86(94)101-79-31-12-8-24-66(79)44-52-97(101)113)111-92-37-19-16-34-82(92)100-78-30-11-7-23-65(78)43-51-96(100)111/h1-62H. The molecule has 25 aromatic rings. The lowest BCUT2D eigenvalue weighted by Crippen LogP contribution is -2.04. The van der Waals surface area contributed by atoms with E-state index in [-0.39, 0.29) is 0 Å². The first-order valence-corrected chi connectivity index (χ1v) is 39.0. The molecule has 0 atom stereocenters. The fourth-order valence-corrected chi connectivity index (χ4v) is 19.1. The quantitative estimate of drug-likeness (QED) is 0.142. The third-order valence-corrected chi connectivity index (χ3v) is 24.2. The van der Waals surface area contributed by atoms with Crippen molar-refractivity contribution < 1.29 is 0 Å². The van der Waals surface area contributed by atoms with Crippen molar-refractivity contribution in [2.24, 2.45) is 0 Å². The highest BCUT2D eigenvalue weighted by atomic mass is 15.1. The van der Waals surface area contributed by atoms with E-state index in [1.165, 1.54) is 80.9 Å². The van der Waals surface area contributed by atoms with Gasteiger partial charge in [-0.25, -0.2) is 19.9 Å². The molecule has 19 aromatic carbocycles. The van der Waals surface area contributed by atoms with Crippen molar-refractivity contribution in [3.8, 4) is 67.8 Å². The van der Waals surface area contributed by atoms with Gasteiger partial charge in [0.25, 0.3) is 0 Å². The Morgan fingerprint density at radius 3 is 1.22 bits per heavy atom. The van der Waals surface area contributed by atoms with Crippen LogP contribution in [0.2, 0.25) is 0 Å². The third-order valence-electron chi connectivity index (χ3n) is 24.2. The molecule has 0 aliphatic carbocycles. The van der Waals surface area contributed by atoms with Crippen molar-refractivity contribution in [2.75, 3.05) is 0 Å². The van der Waals surface area contributed by atoms with E-state index in [0.29, 0.717) is 0 Å². The second-order valence-corrected chi connectivity index (χ2v) is 30.4. The Balaban J connectivity index is 0.687. The van der Waals surface area contributed by atoms with Gasteiger partial charge < -0.3 is 9.13 Å². The molecule has 6 aromatic heterocycles. The van der Waals surface area contributed by atoms with Gasteiger partial charge in [-0.1, -0.05) is 261 Å². The fourth-order valence-electron chi connectivity index (χ4n) is 19.1. The van der Waals surface area contributed by atoms with E-state index < -0.39 is 0 Å². The maximum absolute atomic E-state index is 5.93. The summed E-state index contributed by atoms with van der Waals surface area (Å²) in [6, 6.07) is 137. The molecular formula is C106H62N8. The summed E-state index contributed by atoms with van der Waals surface area (Å²) in [7, 11) is 0. The predicted molar refractivity (Wildman–Crippen MR) is 477 cm³/mol. The third kappa shape index (κ3) is 9.22. The minimum atomic E-state index is 0.760. The molecule has 6 heterocycles. The van der Waals surface area contributed by atoms with E-state index in [2.05, 4.69) is 388 Å². The highest BCUT2D eigenvalue weighted by molar-refractivity contribution is 6.26. The average molecular weight is 1450 g/mol. The van der Waals surface area contributed by atoms with Crippen LogP contribution < -0.4 is 0 Å². The highest BCUT2D eigenvalue weighted by Crippen LogP contribution is 2.48. The van der Waals surface area contributed by atoms with Crippen LogP contribution in [0, 0.1) is 0 Å². The number of hydrogen-bond acceptors (Lipinski definition) is 4. The van der Waals surface area contributed by atoms with Crippen molar-refractivity contribution in [1.29, 1.82) is 0 Å².